The van der Waals surface area contributed by atoms with E-state index in [1.807, 2.05) is 19.1 Å². The second-order valence-electron chi connectivity index (χ2n) is 5.52. The molecular formula is C18H17FN2O3S. The largest absolute Gasteiger partial charge is 0.489 e. The molecule has 1 N–H and O–H groups in total. The van der Waals surface area contributed by atoms with Crippen molar-refractivity contribution in [3.63, 3.8) is 0 Å². The lowest BCUT2D eigenvalue weighted by Gasteiger charge is -2.10. The van der Waals surface area contributed by atoms with Crippen LogP contribution in [0.4, 0.5) is 4.39 Å². The van der Waals surface area contributed by atoms with Crippen LogP contribution in [0.3, 0.4) is 0 Å². The average Bonchev–Trinajstić information content (AvgIpc) is 2.59. The summed E-state index contributed by atoms with van der Waals surface area (Å²) in [5.41, 5.74) is 1.36. The summed E-state index contributed by atoms with van der Waals surface area (Å²) in [7, 11) is -3.75. The van der Waals surface area contributed by atoms with Crippen LogP contribution in [0.15, 0.2) is 59.6 Å². The van der Waals surface area contributed by atoms with Crippen LogP contribution in [0.2, 0.25) is 0 Å². The summed E-state index contributed by atoms with van der Waals surface area (Å²) in [6.07, 6.45) is 1.63. The lowest BCUT2D eigenvalue weighted by Crippen LogP contribution is -2.28. The van der Waals surface area contributed by atoms with Crippen molar-refractivity contribution in [2.45, 2.75) is 11.8 Å². The number of para-hydroxylation sites is 2. The fourth-order valence-electron chi connectivity index (χ4n) is 2.44. The maximum Gasteiger partial charge on any atom is 0.242 e. The van der Waals surface area contributed by atoms with Crippen LogP contribution in [0.5, 0.6) is 5.75 Å². The van der Waals surface area contributed by atoms with Crippen LogP contribution in [-0.4, -0.2) is 26.6 Å². The Hall–Kier alpha value is -2.51. The molecule has 0 atom stereocenters. The molecule has 0 unspecified atom stereocenters. The topological polar surface area (TPSA) is 68.3 Å². The summed E-state index contributed by atoms with van der Waals surface area (Å²) in [4.78, 5) is 4.34. The first kappa shape index (κ1) is 17.3. The van der Waals surface area contributed by atoms with E-state index in [0.29, 0.717) is 5.52 Å². The van der Waals surface area contributed by atoms with E-state index in [1.54, 1.807) is 24.4 Å². The highest BCUT2D eigenvalue weighted by Crippen LogP contribution is 2.21. The van der Waals surface area contributed by atoms with Gasteiger partial charge in [0, 0.05) is 18.1 Å². The molecular weight excluding hydrogens is 343 g/mol. The zero-order valence-electron chi connectivity index (χ0n) is 13.6. The van der Waals surface area contributed by atoms with E-state index in [9.17, 15) is 12.8 Å². The van der Waals surface area contributed by atoms with Crippen LogP contribution >= 0.6 is 0 Å². The second-order valence-corrected chi connectivity index (χ2v) is 7.25. The lowest BCUT2D eigenvalue weighted by molar-refractivity contribution is 0.306. The summed E-state index contributed by atoms with van der Waals surface area (Å²) in [5.74, 6) is -0.400. The Balaban J connectivity index is 1.71. The Labute approximate surface area is 145 Å². The SMILES string of the molecule is Cc1cnc2c(S(=O)(=O)NCCOc3ccccc3F)cccc2c1. The Morgan fingerprint density at radius 2 is 1.96 bits per heavy atom. The third-order valence-corrected chi connectivity index (χ3v) is 5.08. The van der Waals surface area contributed by atoms with Crippen molar-refractivity contribution in [3.8, 4) is 5.75 Å². The number of rotatable bonds is 6. The highest BCUT2D eigenvalue weighted by atomic mass is 32.2. The van der Waals surface area contributed by atoms with Gasteiger partial charge in [-0.15, -0.1) is 0 Å². The average molecular weight is 360 g/mol. The van der Waals surface area contributed by atoms with Gasteiger partial charge in [0.1, 0.15) is 11.5 Å². The zero-order valence-corrected chi connectivity index (χ0v) is 14.4. The molecule has 3 aromatic rings. The number of hydrogen-bond donors (Lipinski definition) is 1. The number of nitrogens with zero attached hydrogens (tertiary/aromatic N) is 1. The van der Waals surface area contributed by atoms with E-state index in [0.717, 1.165) is 10.9 Å². The van der Waals surface area contributed by atoms with Gasteiger partial charge in [0.25, 0.3) is 0 Å². The van der Waals surface area contributed by atoms with Gasteiger partial charge in [-0.05, 0) is 36.8 Å². The van der Waals surface area contributed by atoms with Gasteiger partial charge in [0.15, 0.2) is 11.6 Å². The lowest BCUT2D eigenvalue weighted by atomic mass is 10.2. The number of aromatic nitrogens is 1. The van der Waals surface area contributed by atoms with E-state index in [1.165, 1.54) is 18.2 Å². The molecule has 1 aromatic heterocycles. The van der Waals surface area contributed by atoms with Crippen molar-refractivity contribution < 1.29 is 17.5 Å². The number of hydrogen-bond acceptors (Lipinski definition) is 4. The minimum atomic E-state index is -3.75. The monoisotopic (exact) mass is 360 g/mol. The molecule has 0 aliphatic rings. The van der Waals surface area contributed by atoms with Gasteiger partial charge in [-0.1, -0.05) is 24.3 Å². The first-order chi connectivity index (χ1) is 12.0. The number of halogens is 1. The van der Waals surface area contributed by atoms with E-state index in [-0.39, 0.29) is 23.8 Å². The number of benzene rings is 2. The maximum absolute atomic E-state index is 13.5. The molecule has 0 bridgehead atoms. The number of pyridine rings is 1. The van der Waals surface area contributed by atoms with E-state index in [2.05, 4.69) is 9.71 Å². The smallest absolute Gasteiger partial charge is 0.242 e. The van der Waals surface area contributed by atoms with Crippen molar-refractivity contribution >= 4 is 20.9 Å². The number of ether oxygens (including phenoxy) is 1. The van der Waals surface area contributed by atoms with Gasteiger partial charge in [0.2, 0.25) is 10.0 Å². The Morgan fingerprint density at radius 1 is 1.16 bits per heavy atom. The van der Waals surface area contributed by atoms with Gasteiger partial charge in [0.05, 0.1) is 5.52 Å². The molecule has 0 saturated heterocycles. The van der Waals surface area contributed by atoms with E-state index in [4.69, 9.17) is 4.74 Å². The van der Waals surface area contributed by atoms with Gasteiger partial charge in [-0.3, -0.25) is 4.98 Å². The summed E-state index contributed by atoms with van der Waals surface area (Å²) in [6, 6.07) is 12.8. The molecule has 0 radical (unpaired) electrons. The van der Waals surface area contributed by atoms with Crippen molar-refractivity contribution in [2.24, 2.45) is 0 Å². The van der Waals surface area contributed by atoms with Crippen LogP contribution in [0, 0.1) is 12.7 Å². The van der Waals surface area contributed by atoms with Crippen LogP contribution in [0.1, 0.15) is 5.56 Å². The first-order valence-corrected chi connectivity index (χ1v) is 9.18. The summed E-state index contributed by atoms with van der Waals surface area (Å²) in [5, 5.41) is 0.755. The molecule has 130 valence electrons. The van der Waals surface area contributed by atoms with Gasteiger partial charge in [-0.2, -0.15) is 0 Å². The van der Waals surface area contributed by atoms with Crippen LogP contribution in [0.25, 0.3) is 10.9 Å². The third kappa shape index (κ3) is 3.94. The molecule has 2 aromatic carbocycles. The number of aryl methyl sites for hydroxylation is 1. The minimum absolute atomic E-state index is 0.0114. The minimum Gasteiger partial charge on any atom is -0.489 e. The highest BCUT2D eigenvalue weighted by molar-refractivity contribution is 7.89. The Kier molecular flexibility index (Phi) is 4.96. The fourth-order valence-corrected chi connectivity index (χ4v) is 3.63. The van der Waals surface area contributed by atoms with Crippen molar-refractivity contribution in [2.75, 3.05) is 13.2 Å². The number of fused-ring (bicyclic) bond motifs is 1. The molecule has 0 saturated carbocycles. The molecule has 0 spiro atoms. The standard InChI is InChI=1S/C18H17FN2O3S/c1-13-11-14-5-4-8-17(18(14)20-12-13)25(22,23)21-9-10-24-16-7-3-2-6-15(16)19/h2-8,11-12,21H,9-10H2,1H3. The molecule has 3 rings (SSSR count). The van der Waals surface area contributed by atoms with Crippen LogP contribution < -0.4 is 9.46 Å². The number of sulfonamides is 1. The van der Waals surface area contributed by atoms with Crippen molar-refractivity contribution in [3.05, 3.63) is 66.1 Å². The Bertz CT molecular complexity index is 1010. The first-order valence-electron chi connectivity index (χ1n) is 7.70. The quantitative estimate of drug-likeness (QED) is 0.686. The highest BCUT2D eigenvalue weighted by Gasteiger charge is 2.17. The molecule has 0 fully saturated rings. The van der Waals surface area contributed by atoms with Crippen molar-refractivity contribution in [1.82, 2.24) is 9.71 Å². The molecule has 1 heterocycles. The van der Waals surface area contributed by atoms with E-state index >= 15 is 0 Å². The van der Waals surface area contributed by atoms with Gasteiger partial charge < -0.3 is 4.74 Å². The normalized spacial score (nSPS) is 11.6. The second kappa shape index (κ2) is 7.16. The van der Waals surface area contributed by atoms with Crippen LogP contribution in [-0.2, 0) is 10.0 Å². The summed E-state index contributed by atoms with van der Waals surface area (Å²) >= 11 is 0. The summed E-state index contributed by atoms with van der Waals surface area (Å²) < 4.78 is 46.2. The molecule has 25 heavy (non-hydrogen) atoms. The third-order valence-electron chi connectivity index (χ3n) is 3.59. The maximum atomic E-state index is 13.5. The predicted molar refractivity (Wildman–Crippen MR) is 93.6 cm³/mol. The predicted octanol–water partition coefficient (Wildman–Crippen LogP) is 3.04. The zero-order chi connectivity index (χ0) is 17.9. The number of nitrogens with one attached hydrogen (secondary N) is 1. The molecule has 0 aliphatic carbocycles. The van der Waals surface area contributed by atoms with Crippen molar-refractivity contribution in [1.29, 1.82) is 0 Å². The van der Waals surface area contributed by atoms with Gasteiger partial charge >= 0.3 is 0 Å². The molecule has 5 nitrogen and oxygen atoms in total. The van der Waals surface area contributed by atoms with E-state index < -0.39 is 15.8 Å². The molecule has 0 amide bonds. The Morgan fingerprint density at radius 3 is 2.76 bits per heavy atom. The fraction of sp³-hybridized carbons (Fsp3) is 0.167. The molecule has 7 heteroatoms. The van der Waals surface area contributed by atoms with Gasteiger partial charge in [-0.25, -0.2) is 17.5 Å². The molecule has 0 aliphatic heterocycles. The summed E-state index contributed by atoms with van der Waals surface area (Å²) in [6.45, 7) is 1.92.